The third-order valence-electron chi connectivity index (χ3n) is 3.42. The molecule has 0 bridgehead atoms. The van der Waals surface area contributed by atoms with E-state index in [0.29, 0.717) is 13.2 Å². The van der Waals surface area contributed by atoms with Crippen LogP contribution < -0.4 is 15.2 Å². The van der Waals surface area contributed by atoms with Crippen LogP contribution >= 0.6 is 0 Å². The van der Waals surface area contributed by atoms with E-state index >= 15 is 0 Å². The highest BCUT2D eigenvalue weighted by atomic mass is 16.5. The zero-order valence-corrected chi connectivity index (χ0v) is 11.3. The molecular weight excluding hydrogens is 252 g/mol. The van der Waals surface area contributed by atoms with Crippen molar-refractivity contribution in [3.63, 3.8) is 0 Å². The van der Waals surface area contributed by atoms with Crippen molar-refractivity contribution in [3.8, 4) is 11.5 Å². The highest BCUT2D eigenvalue weighted by Gasteiger charge is 2.11. The molecular formula is C16H18N2O2. The van der Waals surface area contributed by atoms with Gasteiger partial charge >= 0.3 is 0 Å². The third kappa shape index (κ3) is 2.91. The molecule has 0 spiro atoms. The van der Waals surface area contributed by atoms with Crippen LogP contribution in [-0.4, -0.2) is 18.2 Å². The highest BCUT2D eigenvalue weighted by molar-refractivity contribution is 5.39. The molecule has 0 atom stereocenters. The molecule has 20 heavy (non-hydrogen) atoms. The van der Waals surface area contributed by atoms with E-state index < -0.39 is 0 Å². The minimum Gasteiger partial charge on any atom is -0.493 e. The second kappa shape index (κ2) is 5.92. The lowest BCUT2D eigenvalue weighted by Crippen LogP contribution is -2.03. The van der Waals surface area contributed by atoms with Crippen LogP contribution in [0.25, 0.3) is 0 Å². The van der Waals surface area contributed by atoms with Gasteiger partial charge in [-0.05, 0) is 29.3 Å². The van der Waals surface area contributed by atoms with Crippen molar-refractivity contribution in [1.29, 1.82) is 0 Å². The summed E-state index contributed by atoms with van der Waals surface area (Å²) in [5.74, 6) is 1.81. The molecule has 0 unspecified atom stereocenters. The first-order chi connectivity index (χ1) is 9.85. The van der Waals surface area contributed by atoms with Crippen LogP contribution in [0.1, 0.15) is 16.8 Å². The molecule has 0 amide bonds. The number of aromatic nitrogens is 1. The molecule has 2 heterocycles. The maximum absolute atomic E-state index is 5.69. The maximum Gasteiger partial charge on any atom is 0.137 e. The van der Waals surface area contributed by atoms with Crippen molar-refractivity contribution in [2.75, 3.05) is 13.2 Å². The molecule has 1 aromatic carbocycles. The van der Waals surface area contributed by atoms with Gasteiger partial charge in [-0.3, -0.25) is 4.98 Å². The third-order valence-corrected chi connectivity index (χ3v) is 3.42. The number of fused-ring (bicyclic) bond motifs is 1. The van der Waals surface area contributed by atoms with Crippen molar-refractivity contribution in [1.82, 2.24) is 4.98 Å². The minimum absolute atomic E-state index is 0.456. The second-order valence-corrected chi connectivity index (χ2v) is 4.83. The molecule has 1 aliphatic heterocycles. The van der Waals surface area contributed by atoms with Gasteiger partial charge in [0.1, 0.15) is 11.5 Å². The Labute approximate surface area is 118 Å². The van der Waals surface area contributed by atoms with Gasteiger partial charge < -0.3 is 15.2 Å². The van der Waals surface area contributed by atoms with Crippen molar-refractivity contribution >= 4 is 0 Å². The lowest BCUT2D eigenvalue weighted by molar-refractivity contribution is 0.320. The Morgan fingerprint density at radius 1 is 1.25 bits per heavy atom. The summed E-state index contributed by atoms with van der Waals surface area (Å²) in [5, 5.41) is 0. The van der Waals surface area contributed by atoms with Crippen LogP contribution in [0.3, 0.4) is 0 Å². The largest absolute Gasteiger partial charge is 0.493 e. The van der Waals surface area contributed by atoms with E-state index in [2.05, 4.69) is 23.2 Å². The average molecular weight is 270 g/mol. The van der Waals surface area contributed by atoms with E-state index in [9.17, 15) is 0 Å². The summed E-state index contributed by atoms with van der Waals surface area (Å²) in [6, 6.07) is 10.2. The van der Waals surface area contributed by atoms with E-state index in [-0.39, 0.29) is 0 Å². The quantitative estimate of drug-likeness (QED) is 0.904. The van der Waals surface area contributed by atoms with Crippen molar-refractivity contribution < 1.29 is 9.47 Å². The van der Waals surface area contributed by atoms with Gasteiger partial charge in [0.25, 0.3) is 0 Å². The highest BCUT2D eigenvalue weighted by Crippen LogP contribution is 2.26. The van der Waals surface area contributed by atoms with Crippen molar-refractivity contribution in [2.45, 2.75) is 19.4 Å². The Bertz CT molecular complexity index is 582. The maximum atomic E-state index is 5.69. The van der Waals surface area contributed by atoms with E-state index in [4.69, 9.17) is 15.2 Å². The first-order valence-electron chi connectivity index (χ1n) is 6.87. The molecule has 2 aromatic rings. The SMILES string of the molecule is NCc1ccc(OCCc2ccc3c(c2)CCO3)cn1. The predicted molar refractivity (Wildman–Crippen MR) is 77.0 cm³/mol. The van der Waals surface area contributed by atoms with Crippen LogP contribution in [0.2, 0.25) is 0 Å². The second-order valence-electron chi connectivity index (χ2n) is 4.83. The number of nitrogens with zero attached hydrogens (tertiary/aromatic N) is 1. The van der Waals surface area contributed by atoms with Crippen LogP contribution in [0.15, 0.2) is 36.5 Å². The van der Waals surface area contributed by atoms with Gasteiger partial charge in [-0.2, -0.15) is 0 Å². The standard InChI is InChI=1S/C16H18N2O2/c17-10-14-2-3-15(11-18-14)19-7-5-12-1-4-16-13(9-12)6-8-20-16/h1-4,9,11H,5-8,10,17H2. The number of ether oxygens (including phenoxy) is 2. The molecule has 4 nitrogen and oxygen atoms in total. The zero-order chi connectivity index (χ0) is 13.8. The molecule has 4 heteroatoms. The molecule has 3 rings (SSSR count). The van der Waals surface area contributed by atoms with Gasteiger partial charge in [0.2, 0.25) is 0 Å². The number of pyridine rings is 1. The molecule has 0 saturated carbocycles. The summed E-state index contributed by atoms with van der Waals surface area (Å²) >= 11 is 0. The lowest BCUT2D eigenvalue weighted by Gasteiger charge is -2.07. The summed E-state index contributed by atoms with van der Waals surface area (Å²) in [4.78, 5) is 4.20. The van der Waals surface area contributed by atoms with Gasteiger partial charge in [-0.25, -0.2) is 0 Å². The van der Waals surface area contributed by atoms with Gasteiger partial charge in [0, 0.05) is 19.4 Å². The molecule has 0 aliphatic carbocycles. The number of rotatable bonds is 5. The zero-order valence-electron chi connectivity index (χ0n) is 11.3. The fourth-order valence-corrected chi connectivity index (χ4v) is 2.30. The van der Waals surface area contributed by atoms with Crippen molar-refractivity contribution in [2.24, 2.45) is 5.73 Å². The summed E-state index contributed by atoms with van der Waals surface area (Å²) in [6.07, 6.45) is 3.61. The number of benzene rings is 1. The van der Waals surface area contributed by atoms with Crippen LogP contribution in [0.4, 0.5) is 0 Å². The van der Waals surface area contributed by atoms with Crippen LogP contribution in [-0.2, 0) is 19.4 Å². The molecule has 1 aromatic heterocycles. The van der Waals surface area contributed by atoms with E-state index in [0.717, 1.165) is 36.6 Å². The monoisotopic (exact) mass is 270 g/mol. The molecule has 0 fully saturated rings. The van der Waals surface area contributed by atoms with Crippen molar-refractivity contribution in [3.05, 3.63) is 53.3 Å². The molecule has 1 aliphatic rings. The summed E-state index contributed by atoms with van der Waals surface area (Å²) < 4.78 is 11.2. The Balaban J connectivity index is 1.54. The average Bonchev–Trinajstić information content (AvgIpc) is 2.95. The number of nitrogens with two attached hydrogens (primary N) is 1. The van der Waals surface area contributed by atoms with Gasteiger partial charge in [0.15, 0.2) is 0 Å². The van der Waals surface area contributed by atoms with Gasteiger partial charge in [-0.1, -0.05) is 12.1 Å². The Hall–Kier alpha value is -2.07. The Morgan fingerprint density at radius 3 is 3.00 bits per heavy atom. The fourth-order valence-electron chi connectivity index (χ4n) is 2.30. The Morgan fingerprint density at radius 2 is 2.20 bits per heavy atom. The summed E-state index contributed by atoms with van der Waals surface area (Å²) in [6.45, 7) is 1.90. The molecule has 104 valence electrons. The smallest absolute Gasteiger partial charge is 0.137 e. The van der Waals surface area contributed by atoms with E-state index in [1.165, 1.54) is 11.1 Å². The van der Waals surface area contributed by atoms with E-state index in [1.54, 1.807) is 6.20 Å². The predicted octanol–water partition coefficient (Wildman–Crippen LogP) is 2.10. The Kier molecular flexibility index (Phi) is 3.83. The number of hydrogen-bond donors (Lipinski definition) is 1. The summed E-state index contributed by atoms with van der Waals surface area (Å²) in [5.41, 5.74) is 8.96. The first-order valence-corrected chi connectivity index (χ1v) is 6.87. The van der Waals surface area contributed by atoms with Crippen LogP contribution in [0, 0.1) is 0 Å². The molecule has 0 radical (unpaired) electrons. The number of hydrogen-bond acceptors (Lipinski definition) is 4. The normalized spacial score (nSPS) is 12.8. The lowest BCUT2D eigenvalue weighted by atomic mass is 10.1. The van der Waals surface area contributed by atoms with Gasteiger partial charge in [-0.15, -0.1) is 0 Å². The summed E-state index contributed by atoms with van der Waals surface area (Å²) in [7, 11) is 0. The molecule has 2 N–H and O–H groups in total. The minimum atomic E-state index is 0.456. The van der Waals surface area contributed by atoms with E-state index in [1.807, 2.05) is 12.1 Å². The van der Waals surface area contributed by atoms with Crippen LogP contribution in [0.5, 0.6) is 11.5 Å². The first kappa shape index (κ1) is 12.9. The fraction of sp³-hybridized carbons (Fsp3) is 0.312. The van der Waals surface area contributed by atoms with Gasteiger partial charge in [0.05, 0.1) is 25.1 Å². The topological polar surface area (TPSA) is 57.4 Å². The molecule has 0 saturated heterocycles.